The number of aryl methyl sites for hydroxylation is 2. The molecule has 122 valence electrons. The first-order valence-electron chi connectivity index (χ1n) is 7.91. The Bertz CT molecular complexity index is 810. The summed E-state index contributed by atoms with van der Waals surface area (Å²) in [5.74, 6) is 0. The summed E-state index contributed by atoms with van der Waals surface area (Å²) >= 11 is 0. The van der Waals surface area contributed by atoms with E-state index in [9.17, 15) is 8.42 Å². The minimum atomic E-state index is -3.58. The van der Waals surface area contributed by atoms with Gasteiger partial charge in [0.1, 0.15) is 0 Å². The Hall–Kier alpha value is -2.01. The molecule has 4 nitrogen and oxygen atoms in total. The number of anilines is 2. The molecule has 0 bridgehead atoms. The molecular formula is C18H22N2O2S. The first-order chi connectivity index (χ1) is 11.0. The Balaban J connectivity index is 1.88. The second kappa shape index (κ2) is 6.24. The summed E-state index contributed by atoms with van der Waals surface area (Å²) in [5.41, 5.74) is 3.36. The second-order valence-electron chi connectivity index (χ2n) is 6.12. The molecule has 2 aromatic carbocycles. The molecule has 0 spiro atoms. The van der Waals surface area contributed by atoms with Crippen LogP contribution >= 0.6 is 0 Å². The average molecular weight is 330 g/mol. The number of sulfonamides is 1. The minimum absolute atomic E-state index is 0.337. The van der Waals surface area contributed by atoms with Gasteiger partial charge in [-0.2, -0.15) is 0 Å². The molecule has 1 aliphatic heterocycles. The normalized spacial score (nSPS) is 15.0. The highest BCUT2D eigenvalue weighted by molar-refractivity contribution is 7.92. The maximum absolute atomic E-state index is 12.7. The number of hydrogen-bond acceptors (Lipinski definition) is 3. The lowest BCUT2D eigenvalue weighted by molar-refractivity contribution is 0.600. The molecule has 3 rings (SSSR count). The van der Waals surface area contributed by atoms with E-state index in [2.05, 4.69) is 9.62 Å². The van der Waals surface area contributed by atoms with Crippen LogP contribution in [0.25, 0.3) is 0 Å². The fraction of sp³-hybridized carbons (Fsp3) is 0.333. The summed E-state index contributed by atoms with van der Waals surface area (Å²) < 4.78 is 28.1. The third kappa shape index (κ3) is 3.50. The average Bonchev–Trinajstić information content (AvgIpc) is 3.04. The van der Waals surface area contributed by atoms with E-state index >= 15 is 0 Å². The number of nitrogens with one attached hydrogen (secondary N) is 1. The Kier molecular flexibility index (Phi) is 4.31. The lowest BCUT2D eigenvalue weighted by Crippen LogP contribution is -2.18. The fourth-order valence-electron chi connectivity index (χ4n) is 2.95. The van der Waals surface area contributed by atoms with Crippen molar-refractivity contribution in [1.82, 2.24) is 0 Å². The Labute approximate surface area is 138 Å². The van der Waals surface area contributed by atoms with E-state index < -0.39 is 10.0 Å². The van der Waals surface area contributed by atoms with Crippen molar-refractivity contribution in [3.8, 4) is 0 Å². The quantitative estimate of drug-likeness (QED) is 0.930. The highest BCUT2D eigenvalue weighted by Crippen LogP contribution is 2.26. The van der Waals surface area contributed by atoms with Gasteiger partial charge in [0.25, 0.3) is 10.0 Å². The summed E-state index contributed by atoms with van der Waals surface area (Å²) in [7, 11) is -3.58. The maximum Gasteiger partial charge on any atom is 0.262 e. The number of nitrogens with zero attached hydrogens (tertiary/aromatic N) is 1. The molecule has 0 amide bonds. The van der Waals surface area contributed by atoms with Crippen LogP contribution in [-0.4, -0.2) is 21.5 Å². The monoisotopic (exact) mass is 330 g/mol. The number of rotatable bonds is 4. The van der Waals surface area contributed by atoms with E-state index in [0.717, 1.165) is 29.9 Å². The molecule has 0 aromatic heterocycles. The van der Waals surface area contributed by atoms with Gasteiger partial charge in [-0.15, -0.1) is 0 Å². The highest BCUT2D eigenvalue weighted by atomic mass is 32.2. The molecule has 0 unspecified atom stereocenters. The van der Waals surface area contributed by atoms with E-state index in [4.69, 9.17) is 0 Å². The molecule has 1 heterocycles. The molecule has 1 N–H and O–H groups in total. The molecule has 1 fully saturated rings. The third-order valence-corrected chi connectivity index (χ3v) is 5.73. The molecule has 0 saturated carbocycles. The van der Waals surface area contributed by atoms with Crippen LogP contribution in [0, 0.1) is 13.8 Å². The SMILES string of the molecule is Cc1ccc(C)c(S(=O)(=O)Nc2cccc(N3CCCC3)c2)c1. The van der Waals surface area contributed by atoms with Gasteiger partial charge in [0, 0.05) is 18.8 Å². The van der Waals surface area contributed by atoms with Crippen molar-refractivity contribution in [3.05, 3.63) is 53.6 Å². The molecule has 0 radical (unpaired) electrons. The van der Waals surface area contributed by atoms with Crippen LogP contribution < -0.4 is 9.62 Å². The standard InChI is InChI=1S/C18H22N2O2S/c1-14-8-9-15(2)18(12-14)23(21,22)19-16-6-5-7-17(13-16)20-10-3-4-11-20/h5-9,12-13,19H,3-4,10-11H2,1-2H3. The molecule has 1 saturated heterocycles. The van der Waals surface area contributed by atoms with Crippen LogP contribution in [0.5, 0.6) is 0 Å². The molecule has 1 aliphatic rings. The van der Waals surface area contributed by atoms with E-state index in [0.29, 0.717) is 10.6 Å². The van der Waals surface area contributed by atoms with Crippen molar-refractivity contribution in [2.45, 2.75) is 31.6 Å². The van der Waals surface area contributed by atoms with Gasteiger partial charge < -0.3 is 4.90 Å². The molecule has 5 heteroatoms. The van der Waals surface area contributed by atoms with Crippen LogP contribution in [0.4, 0.5) is 11.4 Å². The van der Waals surface area contributed by atoms with Crippen molar-refractivity contribution in [2.24, 2.45) is 0 Å². The summed E-state index contributed by atoms with van der Waals surface area (Å²) in [6.07, 6.45) is 2.39. The molecule has 0 atom stereocenters. The summed E-state index contributed by atoms with van der Waals surface area (Å²) in [5, 5.41) is 0. The predicted octanol–water partition coefficient (Wildman–Crippen LogP) is 3.70. The maximum atomic E-state index is 12.7. The van der Waals surface area contributed by atoms with Crippen LogP contribution in [0.3, 0.4) is 0 Å². The zero-order valence-corrected chi connectivity index (χ0v) is 14.4. The minimum Gasteiger partial charge on any atom is -0.371 e. The van der Waals surface area contributed by atoms with Crippen molar-refractivity contribution < 1.29 is 8.42 Å². The van der Waals surface area contributed by atoms with Crippen molar-refractivity contribution in [2.75, 3.05) is 22.7 Å². The van der Waals surface area contributed by atoms with Crippen LogP contribution in [-0.2, 0) is 10.0 Å². The van der Waals surface area contributed by atoms with E-state index in [1.54, 1.807) is 12.1 Å². The zero-order chi connectivity index (χ0) is 16.4. The van der Waals surface area contributed by atoms with Crippen LogP contribution in [0.15, 0.2) is 47.4 Å². The smallest absolute Gasteiger partial charge is 0.262 e. The number of benzene rings is 2. The summed E-state index contributed by atoms with van der Waals surface area (Å²) in [6.45, 7) is 5.78. The van der Waals surface area contributed by atoms with Gasteiger partial charge in [0.05, 0.1) is 10.6 Å². The first kappa shape index (κ1) is 15.9. The largest absolute Gasteiger partial charge is 0.371 e. The van der Waals surface area contributed by atoms with E-state index in [-0.39, 0.29) is 0 Å². The second-order valence-corrected chi connectivity index (χ2v) is 7.77. The van der Waals surface area contributed by atoms with Gasteiger partial charge in [0.2, 0.25) is 0 Å². The van der Waals surface area contributed by atoms with Crippen molar-refractivity contribution in [1.29, 1.82) is 0 Å². The summed E-state index contributed by atoms with van der Waals surface area (Å²) in [6, 6.07) is 13.1. The predicted molar refractivity (Wildman–Crippen MR) is 94.6 cm³/mol. The van der Waals surface area contributed by atoms with Crippen molar-refractivity contribution >= 4 is 21.4 Å². The van der Waals surface area contributed by atoms with Gasteiger partial charge in [-0.3, -0.25) is 4.72 Å². The Morgan fingerprint density at radius 3 is 2.48 bits per heavy atom. The van der Waals surface area contributed by atoms with Gasteiger partial charge in [-0.25, -0.2) is 8.42 Å². The van der Waals surface area contributed by atoms with Gasteiger partial charge >= 0.3 is 0 Å². The molecule has 23 heavy (non-hydrogen) atoms. The topological polar surface area (TPSA) is 49.4 Å². The van der Waals surface area contributed by atoms with Gasteiger partial charge in [0.15, 0.2) is 0 Å². The van der Waals surface area contributed by atoms with Crippen LogP contribution in [0.1, 0.15) is 24.0 Å². The lowest BCUT2D eigenvalue weighted by atomic mass is 10.2. The van der Waals surface area contributed by atoms with Crippen LogP contribution in [0.2, 0.25) is 0 Å². The Morgan fingerprint density at radius 2 is 1.74 bits per heavy atom. The summed E-state index contributed by atoms with van der Waals surface area (Å²) in [4.78, 5) is 2.62. The first-order valence-corrected chi connectivity index (χ1v) is 9.39. The zero-order valence-electron chi connectivity index (χ0n) is 13.5. The van der Waals surface area contributed by atoms with E-state index in [1.807, 2.05) is 44.2 Å². The third-order valence-electron chi connectivity index (χ3n) is 4.20. The number of hydrogen-bond donors (Lipinski definition) is 1. The highest BCUT2D eigenvalue weighted by Gasteiger charge is 2.18. The molecule has 2 aromatic rings. The molecule has 0 aliphatic carbocycles. The Morgan fingerprint density at radius 1 is 1.00 bits per heavy atom. The molecular weight excluding hydrogens is 308 g/mol. The fourth-order valence-corrected chi connectivity index (χ4v) is 4.33. The van der Waals surface area contributed by atoms with Gasteiger partial charge in [-0.1, -0.05) is 18.2 Å². The van der Waals surface area contributed by atoms with Gasteiger partial charge in [-0.05, 0) is 62.1 Å². The van der Waals surface area contributed by atoms with E-state index in [1.165, 1.54) is 12.8 Å². The van der Waals surface area contributed by atoms with Crippen molar-refractivity contribution in [3.63, 3.8) is 0 Å². The lowest BCUT2D eigenvalue weighted by Gasteiger charge is -2.19.